The number of rotatable bonds is 6. The predicted octanol–water partition coefficient (Wildman–Crippen LogP) is 4.00. The number of halogens is 2. The van der Waals surface area contributed by atoms with Gasteiger partial charge in [0.1, 0.15) is 12.1 Å². The fraction of sp³-hybridized carbons (Fsp3) is 1.00. The van der Waals surface area contributed by atoms with Crippen LogP contribution in [0.4, 0.5) is 0 Å². The lowest BCUT2D eigenvalue weighted by atomic mass is 9.44. The van der Waals surface area contributed by atoms with Crippen LogP contribution >= 0.6 is 23.2 Å². The van der Waals surface area contributed by atoms with Crippen molar-refractivity contribution in [3.63, 3.8) is 0 Å². The second-order valence-electron chi connectivity index (χ2n) is 6.88. The van der Waals surface area contributed by atoms with E-state index in [-0.39, 0.29) is 0 Å². The van der Waals surface area contributed by atoms with Crippen LogP contribution in [0.1, 0.15) is 38.5 Å². The van der Waals surface area contributed by atoms with Crippen molar-refractivity contribution in [2.75, 3.05) is 25.3 Å². The maximum Gasteiger partial charge on any atom is 0.120 e. The van der Waals surface area contributed by atoms with Gasteiger partial charge in [-0.3, -0.25) is 0 Å². The van der Waals surface area contributed by atoms with E-state index in [1.165, 1.54) is 38.5 Å². The van der Waals surface area contributed by atoms with Crippen LogP contribution in [0.15, 0.2) is 0 Å². The van der Waals surface area contributed by atoms with Gasteiger partial charge < -0.3 is 9.47 Å². The molecule has 4 rings (SSSR count). The minimum Gasteiger partial charge on any atom is -0.365 e. The molecule has 104 valence electrons. The van der Waals surface area contributed by atoms with Gasteiger partial charge in [0.15, 0.2) is 0 Å². The van der Waals surface area contributed by atoms with Gasteiger partial charge in [-0.2, -0.15) is 0 Å². The Hall–Kier alpha value is 0.500. The van der Waals surface area contributed by atoms with E-state index in [0.717, 1.165) is 25.0 Å². The Balaban J connectivity index is 1.75. The molecule has 4 saturated carbocycles. The van der Waals surface area contributed by atoms with Crippen LogP contribution in [-0.2, 0) is 9.47 Å². The summed E-state index contributed by atoms with van der Waals surface area (Å²) < 4.78 is 11.1. The van der Waals surface area contributed by atoms with Gasteiger partial charge in [0.05, 0.1) is 13.2 Å². The summed E-state index contributed by atoms with van der Waals surface area (Å²) in [5.41, 5.74) is 0.767. The third-order valence-electron chi connectivity index (χ3n) is 5.27. The summed E-state index contributed by atoms with van der Waals surface area (Å²) in [4.78, 5) is 0. The summed E-state index contributed by atoms with van der Waals surface area (Å²) in [6.45, 7) is 1.68. The molecule has 0 spiro atoms. The molecular formula is C14H22Cl2O2. The highest BCUT2D eigenvalue weighted by Gasteiger charge is 2.57. The van der Waals surface area contributed by atoms with Crippen LogP contribution in [0.5, 0.6) is 0 Å². The smallest absolute Gasteiger partial charge is 0.120 e. The maximum atomic E-state index is 5.70. The van der Waals surface area contributed by atoms with E-state index in [1.54, 1.807) is 0 Å². The summed E-state index contributed by atoms with van der Waals surface area (Å²) in [6.07, 6.45) is 8.02. The number of ether oxygens (including phenoxy) is 2. The van der Waals surface area contributed by atoms with Crippen LogP contribution in [-0.4, -0.2) is 25.3 Å². The highest BCUT2D eigenvalue weighted by Crippen LogP contribution is 2.65. The standard InChI is InChI=1S/C14H22Cl2O2/c15-9-17-7-13-2-11-1-12(4-13)5-14(3-11,6-13)8-18-10-16/h11-12H,1-10H2. The van der Waals surface area contributed by atoms with Crippen LogP contribution in [0.25, 0.3) is 0 Å². The third kappa shape index (κ3) is 2.42. The van der Waals surface area contributed by atoms with Gasteiger partial charge in [0.2, 0.25) is 0 Å². The maximum absolute atomic E-state index is 5.70. The number of hydrogen-bond donors (Lipinski definition) is 0. The molecule has 4 aliphatic rings. The number of hydrogen-bond acceptors (Lipinski definition) is 2. The van der Waals surface area contributed by atoms with Gasteiger partial charge in [-0.25, -0.2) is 0 Å². The third-order valence-corrected chi connectivity index (χ3v) is 5.58. The van der Waals surface area contributed by atoms with Crippen molar-refractivity contribution in [2.45, 2.75) is 38.5 Å². The molecule has 0 radical (unpaired) electrons. The molecule has 4 bridgehead atoms. The van der Waals surface area contributed by atoms with Crippen molar-refractivity contribution in [1.29, 1.82) is 0 Å². The Kier molecular flexibility index (Phi) is 3.84. The molecule has 4 aliphatic carbocycles. The molecule has 4 fully saturated rings. The van der Waals surface area contributed by atoms with E-state index in [1.807, 2.05) is 0 Å². The van der Waals surface area contributed by atoms with Crippen LogP contribution < -0.4 is 0 Å². The first-order valence-electron chi connectivity index (χ1n) is 6.97. The minimum absolute atomic E-state index is 0.322. The molecule has 0 atom stereocenters. The molecule has 4 heteroatoms. The van der Waals surface area contributed by atoms with Crippen molar-refractivity contribution in [2.24, 2.45) is 22.7 Å². The lowest BCUT2D eigenvalue weighted by Gasteiger charge is -2.62. The first kappa shape index (κ1) is 13.5. The summed E-state index contributed by atoms with van der Waals surface area (Å²) in [5.74, 6) is 1.76. The van der Waals surface area contributed by atoms with E-state index in [0.29, 0.717) is 23.0 Å². The average molecular weight is 293 g/mol. The van der Waals surface area contributed by atoms with Gasteiger partial charge in [-0.15, -0.1) is 0 Å². The second kappa shape index (κ2) is 5.12. The van der Waals surface area contributed by atoms with Crippen molar-refractivity contribution in [3.05, 3.63) is 0 Å². The molecule has 18 heavy (non-hydrogen) atoms. The van der Waals surface area contributed by atoms with E-state index in [2.05, 4.69) is 0 Å². The lowest BCUT2D eigenvalue weighted by molar-refractivity contribution is -0.155. The predicted molar refractivity (Wildman–Crippen MR) is 72.9 cm³/mol. The van der Waals surface area contributed by atoms with Crippen molar-refractivity contribution < 1.29 is 9.47 Å². The molecule has 0 heterocycles. The Morgan fingerprint density at radius 1 is 0.833 bits per heavy atom. The van der Waals surface area contributed by atoms with E-state index in [9.17, 15) is 0 Å². The molecular weight excluding hydrogens is 271 g/mol. The van der Waals surface area contributed by atoms with E-state index in [4.69, 9.17) is 32.7 Å². The Morgan fingerprint density at radius 3 is 1.67 bits per heavy atom. The summed E-state index contributed by atoms with van der Waals surface area (Å²) >= 11 is 11.4. The first-order valence-corrected chi connectivity index (χ1v) is 8.04. The summed E-state index contributed by atoms with van der Waals surface area (Å²) in [5, 5.41) is 0. The monoisotopic (exact) mass is 292 g/mol. The minimum atomic E-state index is 0.322. The molecule has 0 saturated heterocycles. The molecule has 0 aliphatic heterocycles. The first-order chi connectivity index (χ1) is 8.69. The van der Waals surface area contributed by atoms with Crippen LogP contribution in [0.3, 0.4) is 0 Å². The Bertz CT molecular complexity index is 268. The molecule has 0 amide bonds. The molecule has 0 N–H and O–H groups in total. The van der Waals surface area contributed by atoms with Gasteiger partial charge in [-0.05, 0) is 61.2 Å². The van der Waals surface area contributed by atoms with Crippen LogP contribution in [0, 0.1) is 22.7 Å². The SMILES string of the molecule is ClCOCC12CC3CC(C1)CC(COCCl)(C3)C2. The molecule has 0 unspecified atom stereocenters. The van der Waals surface area contributed by atoms with Crippen molar-refractivity contribution in [3.8, 4) is 0 Å². The zero-order chi connectivity index (χ0) is 12.6. The Labute approximate surface area is 119 Å². The molecule has 0 aromatic heterocycles. The zero-order valence-corrected chi connectivity index (χ0v) is 12.3. The highest BCUT2D eigenvalue weighted by molar-refractivity contribution is 6.17. The van der Waals surface area contributed by atoms with Gasteiger partial charge in [0, 0.05) is 0 Å². The quantitative estimate of drug-likeness (QED) is 0.689. The van der Waals surface area contributed by atoms with E-state index < -0.39 is 0 Å². The van der Waals surface area contributed by atoms with Gasteiger partial charge >= 0.3 is 0 Å². The summed E-state index contributed by atoms with van der Waals surface area (Å²) in [7, 11) is 0. The summed E-state index contributed by atoms with van der Waals surface area (Å²) in [6, 6.07) is 0.643. The van der Waals surface area contributed by atoms with Gasteiger partial charge in [-0.1, -0.05) is 23.2 Å². The lowest BCUT2D eigenvalue weighted by Crippen LogP contribution is -2.55. The molecule has 0 aromatic rings. The van der Waals surface area contributed by atoms with Gasteiger partial charge in [0.25, 0.3) is 0 Å². The van der Waals surface area contributed by atoms with E-state index >= 15 is 0 Å². The second-order valence-corrected chi connectivity index (χ2v) is 7.31. The van der Waals surface area contributed by atoms with Crippen LogP contribution in [0.2, 0.25) is 0 Å². The normalized spacial score (nSPS) is 45.7. The fourth-order valence-electron chi connectivity index (χ4n) is 5.50. The topological polar surface area (TPSA) is 18.5 Å². The Morgan fingerprint density at radius 2 is 1.28 bits per heavy atom. The highest BCUT2D eigenvalue weighted by atomic mass is 35.5. The van der Waals surface area contributed by atoms with Crippen molar-refractivity contribution >= 4 is 23.2 Å². The molecule has 2 nitrogen and oxygen atoms in total. The largest absolute Gasteiger partial charge is 0.365 e. The fourth-order valence-corrected chi connectivity index (χ4v) is 5.65. The molecule has 0 aromatic carbocycles. The van der Waals surface area contributed by atoms with Crippen molar-refractivity contribution in [1.82, 2.24) is 0 Å². The average Bonchev–Trinajstić information content (AvgIpc) is 2.32. The zero-order valence-electron chi connectivity index (χ0n) is 10.8. The number of alkyl halides is 2.